The highest BCUT2D eigenvalue weighted by Gasteiger charge is 2.17. The Hall–Kier alpha value is -1.24. The molecule has 0 amide bonds. The van der Waals surface area contributed by atoms with Gasteiger partial charge in [0.15, 0.2) is 5.43 Å². The minimum atomic E-state index is -2.82. The molecule has 94 valence electrons. The summed E-state index contributed by atoms with van der Waals surface area (Å²) in [5.74, 6) is -0.578. The predicted molar refractivity (Wildman–Crippen MR) is 60.1 cm³/mol. The van der Waals surface area contributed by atoms with E-state index in [0.717, 1.165) is 6.07 Å². The standard InChI is InChI=1S/C10H10BrF2NO3/c1-2-17-7(16)4-5-3-6(15)8(11)9(14-5)10(12)13/h3,10H,2,4H2,1H3,(H,14,15). The van der Waals surface area contributed by atoms with Gasteiger partial charge >= 0.3 is 5.97 Å². The Labute approximate surface area is 104 Å². The van der Waals surface area contributed by atoms with E-state index in [1.807, 2.05) is 0 Å². The summed E-state index contributed by atoms with van der Waals surface area (Å²) in [5.41, 5.74) is -1.03. The molecule has 0 aromatic carbocycles. The molecule has 4 nitrogen and oxygen atoms in total. The number of carbonyl (C=O) groups is 1. The van der Waals surface area contributed by atoms with Crippen molar-refractivity contribution >= 4 is 21.9 Å². The van der Waals surface area contributed by atoms with Crippen LogP contribution in [0, 0.1) is 0 Å². The van der Waals surface area contributed by atoms with Gasteiger partial charge in [0.25, 0.3) is 6.43 Å². The van der Waals surface area contributed by atoms with E-state index in [0.29, 0.717) is 0 Å². The summed E-state index contributed by atoms with van der Waals surface area (Å²) in [4.78, 5) is 24.8. The lowest BCUT2D eigenvalue weighted by molar-refractivity contribution is -0.142. The monoisotopic (exact) mass is 309 g/mol. The zero-order valence-electron chi connectivity index (χ0n) is 8.93. The van der Waals surface area contributed by atoms with Gasteiger partial charge < -0.3 is 9.72 Å². The van der Waals surface area contributed by atoms with Gasteiger partial charge in [0.05, 0.1) is 17.5 Å². The van der Waals surface area contributed by atoms with Crippen LogP contribution in [0.1, 0.15) is 24.7 Å². The van der Waals surface area contributed by atoms with E-state index >= 15 is 0 Å². The summed E-state index contributed by atoms with van der Waals surface area (Å²) >= 11 is 2.77. The second-order valence-electron chi connectivity index (χ2n) is 3.17. The molecule has 0 atom stereocenters. The Balaban J connectivity index is 3.03. The van der Waals surface area contributed by atoms with Crippen molar-refractivity contribution in [2.45, 2.75) is 19.8 Å². The summed E-state index contributed by atoms with van der Waals surface area (Å²) in [5, 5.41) is 0. The van der Waals surface area contributed by atoms with Gasteiger partial charge in [-0.15, -0.1) is 0 Å². The average Bonchev–Trinajstić information content (AvgIpc) is 2.23. The molecule has 1 aromatic rings. The zero-order chi connectivity index (χ0) is 13.0. The van der Waals surface area contributed by atoms with Crippen LogP contribution in [-0.2, 0) is 16.0 Å². The third-order valence-electron chi connectivity index (χ3n) is 1.91. The highest BCUT2D eigenvalue weighted by atomic mass is 79.9. The molecule has 0 saturated carbocycles. The molecule has 0 bridgehead atoms. The predicted octanol–water partition coefficient (Wildman–Crippen LogP) is 2.18. The molecule has 0 unspecified atom stereocenters. The molecule has 1 rings (SSSR count). The Morgan fingerprint density at radius 1 is 1.59 bits per heavy atom. The van der Waals surface area contributed by atoms with Crippen LogP contribution in [0.25, 0.3) is 0 Å². The lowest BCUT2D eigenvalue weighted by Gasteiger charge is -2.07. The average molecular weight is 310 g/mol. The van der Waals surface area contributed by atoms with Crippen molar-refractivity contribution in [3.63, 3.8) is 0 Å². The van der Waals surface area contributed by atoms with E-state index in [2.05, 4.69) is 25.7 Å². The minimum absolute atomic E-state index is 0.104. The Bertz CT molecular complexity index is 473. The van der Waals surface area contributed by atoms with E-state index in [-0.39, 0.29) is 23.2 Å². The topological polar surface area (TPSA) is 59.2 Å². The van der Waals surface area contributed by atoms with Crippen LogP contribution in [0.5, 0.6) is 0 Å². The quantitative estimate of drug-likeness (QED) is 0.867. The largest absolute Gasteiger partial charge is 0.466 e. The maximum atomic E-state index is 12.6. The first-order chi connectivity index (χ1) is 7.95. The number of hydrogen-bond acceptors (Lipinski definition) is 3. The smallest absolute Gasteiger partial charge is 0.311 e. The van der Waals surface area contributed by atoms with Crippen LogP contribution in [-0.4, -0.2) is 17.6 Å². The van der Waals surface area contributed by atoms with Gasteiger partial charge in [-0.2, -0.15) is 0 Å². The number of carbonyl (C=O) groups excluding carboxylic acids is 1. The van der Waals surface area contributed by atoms with E-state index in [1.165, 1.54) is 0 Å². The van der Waals surface area contributed by atoms with Gasteiger partial charge in [0.2, 0.25) is 0 Å². The first kappa shape index (κ1) is 13.8. The number of halogens is 3. The van der Waals surface area contributed by atoms with Gasteiger partial charge in [-0.05, 0) is 22.9 Å². The fourth-order valence-corrected chi connectivity index (χ4v) is 1.62. The first-order valence-electron chi connectivity index (χ1n) is 4.81. The molecular formula is C10H10BrF2NO3. The van der Waals surface area contributed by atoms with Crippen molar-refractivity contribution in [1.29, 1.82) is 0 Å². The van der Waals surface area contributed by atoms with Crippen LogP contribution in [0.2, 0.25) is 0 Å². The molecule has 1 aromatic heterocycles. The molecular weight excluding hydrogens is 300 g/mol. The normalized spacial score (nSPS) is 10.6. The molecule has 0 spiro atoms. The van der Waals surface area contributed by atoms with Crippen LogP contribution in [0.4, 0.5) is 8.78 Å². The van der Waals surface area contributed by atoms with Crippen molar-refractivity contribution in [2.24, 2.45) is 0 Å². The Morgan fingerprint density at radius 2 is 2.24 bits per heavy atom. The van der Waals surface area contributed by atoms with Crippen LogP contribution < -0.4 is 5.43 Å². The molecule has 17 heavy (non-hydrogen) atoms. The van der Waals surface area contributed by atoms with E-state index in [9.17, 15) is 18.4 Å². The number of hydrogen-bond donors (Lipinski definition) is 1. The zero-order valence-corrected chi connectivity index (χ0v) is 10.5. The summed E-state index contributed by atoms with van der Waals surface area (Å²) in [7, 11) is 0. The van der Waals surface area contributed by atoms with Crippen LogP contribution in [0.15, 0.2) is 15.3 Å². The Morgan fingerprint density at radius 3 is 2.76 bits per heavy atom. The minimum Gasteiger partial charge on any atom is -0.466 e. The number of pyridine rings is 1. The molecule has 0 aliphatic rings. The van der Waals surface area contributed by atoms with Crippen LogP contribution in [0.3, 0.4) is 0 Å². The van der Waals surface area contributed by atoms with Crippen molar-refractivity contribution in [2.75, 3.05) is 6.61 Å². The molecule has 0 fully saturated rings. The summed E-state index contributed by atoms with van der Waals surface area (Å²) in [6.07, 6.45) is -3.06. The fourth-order valence-electron chi connectivity index (χ4n) is 1.23. The number of alkyl halides is 2. The molecule has 0 aliphatic heterocycles. The molecule has 7 heteroatoms. The molecule has 1 heterocycles. The lowest BCUT2D eigenvalue weighted by atomic mass is 10.2. The first-order valence-corrected chi connectivity index (χ1v) is 5.60. The number of aromatic amines is 1. The number of nitrogens with one attached hydrogen (secondary N) is 1. The second-order valence-corrected chi connectivity index (χ2v) is 3.96. The number of ether oxygens (including phenoxy) is 1. The van der Waals surface area contributed by atoms with E-state index in [1.54, 1.807) is 6.92 Å². The number of esters is 1. The van der Waals surface area contributed by atoms with Gasteiger partial charge in [0.1, 0.15) is 5.69 Å². The number of aromatic nitrogens is 1. The van der Waals surface area contributed by atoms with Gasteiger partial charge in [-0.1, -0.05) is 0 Å². The summed E-state index contributed by atoms with van der Waals surface area (Å²) in [6, 6.07) is 1.09. The van der Waals surface area contributed by atoms with Crippen molar-refractivity contribution in [1.82, 2.24) is 4.98 Å². The highest BCUT2D eigenvalue weighted by molar-refractivity contribution is 9.10. The number of H-pyrrole nitrogens is 1. The van der Waals surface area contributed by atoms with Gasteiger partial charge in [-0.25, -0.2) is 8.78 Å². The SMILES string of the molecule is CCOC(=O)Cc1cc(=O)c(Br)c(C(F)F)[nH]1. The summed E-state index contributed by atoms with van der Waals surface area (Å²) in [6.45, 7) is 1.83. The maximum absolute atomic E-state index is 12.6. The second kappa shape index (κ2) is 5.90. The van der Waals surface area contributed by atoms with Crippen molar-refractivity contribution in [3.05, 3.63) is 32.2 Å². The van der Waals surface area contributed by atoms with E-state index < -0.39 is 23.5 Å². The summed E-state index contributed by atoms with van der Waals surface area (Å²) < 4.78 is 29.5. The lowest BCUT2D eigenvalue weighted by Crippen LogP contribution is -2.15. The van der Waals surface area contributed by atoms with Gasteiger partial charge in [0, 0.05) is 11.8 Å². The van der Waals surface area contributed by atoms with Crippen molar-refractivity contribution in [3.8, 4) is 0 Å². The van der Waals surface area contributed by atoms with Crippen molar-refractivity contribution < 1.29 is 18.3 Å². The van der Waals surface area contributed by atoms with Crippen LogP contribution >= 0.6 is 15.9 Å². The third-order valence-corrected chi connectivity index (χ3v) is 2.73. The maximum Gasteiger partial charge on any atom is 0.311 e. The third kappa shape index (κ3) is 3.62. The Kier molecular flexibility index (Phi) is 4.80. The highest BCUT2D eigenvalue weighted by Crippen LogP contribution is 2.22. The molecule has 0 radical (unpaired) electrons. The van der Waals surface area contributed by atoms with Gasteiger partial charge in [-0.3, -0.25) is 9.59 Å². The van der Waals surface area contributed by atoms with E-state index in [4.69, 9.17) is 0 Å². The molecule has 0 saturated heterocycles. The molecule has 0 aliphatic carbocycles. The number of rotatable bonds is 4. The molecule has 1 N–H and O–H groups in total. The fraction of sp³-hybridized carbons (Fsp3) is 0.400.